The summed E-state index contributed by atoms with van der Waals surface area (Å²) in [6.07, 6.45) is 0. The summed E-state index contributed by atoms with van der Waals surface area (Å²) in [4.78, 5) is 4.74. The molecule has 0 saturated heterocycles. The van der Waals surface area contributed by atoms with Crippen LogP contribution in [0, 0.1) is 0 Å². The lowest BCUT2D eigenvalue weighted by molar-refractivity contribution is 0.403. The van der Waals surface area contributed by atoms with E-state index >= 15 is 0 Å². The van der Waals surface area contributed by atoms with Crippen molar-refractivity contribution < 1.29 is 0 Å². The number of benzene rings is 1. The SMILES string of the molecule is C[C@@H](N)c1ccc(-c2ccccc2CN(C)C)s1. The molecule has 18 heavy (non-hydrogen) atoms. The summed E-state index contributed by atoms with van der Waals surface area (Å²) >= 11 is 1.79. The average molecular weight is 260 g/mol. The zero-order valence-corrected chi connectivity index (χ0v) is 12.0. The molecule has 0 aliphatic rings. The Balaban J connectivity index is 2.36. The maximum Gasteiger partial charge on any atom is 0.0361 e. The third-order valence-corrected chi connectivity index (χ3v) is 4.16. The molecular formula is C15H20N2S. The quantitative estimate of drug-likeness (QED) is 0.911. The standard InChI is InChI=1S/C15H20N2S/c1-11(16)14-8-9-15(18-14)13-7-5-4-6-12(13)10-17(2)3/h4-9,11H,10,16H2,1-3H3/t11-/m1/s1. The van der Waals surface area contributed by atoms with E-state index in [1.165, 1.54) is 20.9 Å². The maximum absolute atomic E-state index is 5.93. The van der Waals surface area contributed by atoms with Crippen LogP contribution in [0.2, 0.25) is 0 Å². The van der Waals surface area contributed by atoms with Crippen molar-refractivity contribution in [1.82, 2.24) is 4.90 Å². The maximum atomic E-state index is 5.93. The summed E-state index contributed by atoms with van der Waals surface area (Å²) in [5, 5.41) is 0. The van der Waals surface area contributed by atoms with Crippen LogP contribution in [0.3, 0.4) is 0 Å². The van der Waals surface area contributed by atoms with Crippen LogP contribution in [-0.4, -0.2) is 19.0 Å². The molecule has 0 spiro atoms. The predicted molar refractivity (Wildman–Crippen MR) is 79.7 cm³/mol. The Morgan fingerprint density at radius 3 is 2.50 bits per heavy atom. The molecule has 0 amide bonds. The fraction of sp³-hybridized carbons (Fsp3) is 0.333. The Morgan fingerprint density at radius 2 is 1.89 bits per heavy atom. The fourth-order valence-corrected chi connectivity index (χ4v) is 3.00. The molecule has 0 aliphatic carbocycles. The first-order valence-corrected chi connectivity index (χ1v) is 6.98. The van der Waals surface area contributed by atoms with Crippen LogP contribution in [0.25, 0.3) is 10.4 Å². The van der Waals surface area contributed by atoms with Crippen LogP contribution in [0.4, 0.5) is 0 Å². The first-order valence-electron chi connectivity index (χ1n) is 6.16. The van der Waals surface area contributed by atoms with Gasteiger partial charge in [-0.15, -0.1) is 11.3 Å². The molecule has 1 atom stereocenters. The Bertz CT molecular complexity index is 515. The summed E-state index contributed by atoms with van der Waals surface area (Å²) in [6, 6.07) is 13.0. The van der Waals surface area contributed by atoms with Gasteiger partial charge in [-0.05, 0) is 44.3 Å². The summed E-state index contributed by atoms with van der Waals surface area (Å²) < 4.78 is 0. The minimum absolute atomic E-state index is 0.116. The van der Waals surface area contributed by atoms with E-state index in [0.717, 1.165) is 6.54 Å². The molecular weight excluding hydrogens is 240 g/mol. The molecule has 3 heteroatoms. The van der Waals surface area contributed by atoms with E-state index in [-0.39, 0.29) is 6.04 Å². The second kappa shape index (κ2) is 5.65. The summed E-state index contributed by atoms with van der Waals surface area (Å²) in [5.74, 6) is 0. The predicted octanol–water partition coefficient (Wildman–Crippen LogP) is 3.50. The Hall–Kier alpha value is -1.16. The molecule has 0 aliphatic heterocycles. The highest BCUT2D eigenvalue weighted by Gasteiger charge is 2.09. The van der Waals surface area contributed by atoms with Crippen molar-refractivity contribution in [2.45, 2.75) is 19.5 Å². The van der Waals surface area contributed by atoms with Gasteiger partial charge in [0, 0.05) is 22.3 Å². The van der Waals surface area contributed by atoms with Crippen LogP contribution < -0.4 is 5.73 Å². The zero-order chi connectivity index (χ0) is 13.1. The van der Waals surface area contributed by atoms with Gasteiger partial charge in [0.15, 0.2) is 0 Å². The van der Waals surface area contributed by atoms with Gasteiger partial charge >= 0.3 is 0 Å². The van der Waals surface area contributed by atoms with E-state index < -0.39 is 0 Å². The number of hydrogen-bond donors (Lipinski definition) is 1. The second-order valence-corrected chi connectivity index (χ2v) is 6.00. The van der Waals surface area contributed by atoms with Crippen LogP contribution in [0.15, 0.2) is 36.4 Å². The molecule has 0 unspecified atom stereocenters. The van der Waals surface area contributed by atoms with Gasteiger partial charge in [0.1, 0.15) is 0 Å². The summed E-state index contributed by atoms with van der Waals surface area (Å²) in [6.45, 7) is 2.99. The molecule has 0 saturated carbocycles. The first kappa shape index (κ1) is 13.3. The number of thiophene rings is 1. The monoisotopic (exact) mass is 260 g/mol. The van der Waals surface area contributed by atoms with E-state index in [2.05, 4.69) is 55.4 Å². The van der Waals surface area contributed by atoms with E-state index in [1.54, 1.807) is 11.3 Å². The van der Waals surface area contributed by atoms with Crippen LogP contribution in [0.5, 0.6) is 0 Å². The number of hydrogen-bond acceptors (Lipinski definition) is 3. The largest absolute Gasteiger partial charge is 0.324 e. The highest BCUT2D eigenvalue weighted by Crippen LogP contribution is 2.33. The van der Waals surface area contributed by atoms with Gasteiger partial charge in [-0.2, -0.15) is 0 Å². The highest BCUT2D eigenvalue weighted by molar-refractivity contribution is 7.15. The van der Waals surface area contributed by atoms with Crippen molar-refractivity contribution in [2.75, 3.05) is 14.1 Å². The Labute approximate surface area is 113 Å². The van der Waals surface area contributed by atoms with Crippen molar-refractivity contribution in [2.24, 2.45) is 5.73 Å². The molecule has 0 radical (unpaired) electrons. The summed E-state index contributed by atoms with van der Waals surface area (Å²) in [7, 11) is 4.19. The lowest BCUT2D eigenvalue weighted by Gasteiger charge is -2.13. The van der Waals surface area contributed by atoms with Crippen molar-refractivity contribution in [3.05, 3.63) is 46.8 Å². The third kappa shape index (κ3) is 2.99. The second-order valence-electron chi connectivity index (χ2n) is 4.89. The van der Waals surface area contributed by atoms with Crippen LogP contribution in [0.1, 0.15) is 23.4 Å². The molecule has 0 bridgehead atoms. The smallest absolute Gasteiger partial charge is 0.0361 e. The van der Waals surface area contributed by atoms with E-state index in [4.69, 9.17) is 5.73 Å². The normalized spacial score (nSPS) is 12.9. The molecule has 0 fully saturated rings. The zero-order valence-electron chi connectivity index (χ0n) is 11.2. The number of rotatable bonds is 4. The molecule has 96 valence electrons. The van der Waals surface area contributed by atoms with Gasteiger partial charge < -0.3 is 10.6 Å². The van der Waals surface area contributed by atoms with E-state index in [9.17, 15) is 0 Å². The lowest BCUT2D eigenvalue weighted by atomic mass is 10.1. The van der Waals surface area contributed by atoms with Gasteiger partial charge in [0.05, 0.1) is 0 Å². The molecule has 2 nitrogen and oxygen atoms in total. The van der Waals surface area contributed by atoms with Crippen LogP contribution >= 0.6 is 11.3 Å². The Kier molecular flexibility index (Phi) is 4.17. The van der Waals surface area contributed by atoms with E-state index in [1.807, 2.05) is 6.92 Å². The van der Waals surface area contributed by atoms with Gasteiger partial charge in [0.25, 0.3) is 0 Å². The van der Waals surface area contributed by atoms with E-state index in [0.29, 0.717) is 0 Å². The topological polar surface area (TPSA) is 29.3 Å². The Morgan fingerprint density at radius 1 is 1.17 bits per heavy atom. The molecule has 2 N–H and O–H groups in total. The van der Waals surface area contributed by atoms with Gasteiger partial charge in [-0.3, -0.25) is 0 Å². The molecule has 2 aromatic rings. The number of nitrogens with two attached hydrogens (primary N) is 1. The third-order valence-electron chi connectivity index (χ3n) is 2.84. The van der Waals surface area contributed by atoms with Crippen molar-refractivity contribution >= 4 is 11.3 Å². The fourth-order valence-electron chi connectivity index (χ4n) is 1.98. The van der Waals surface area contributed by atoms with Crippen molar-refractivity contribution in [3.63, 3.8) is 0 Å². The average Bonchev–Trinajstić information content (AvgIpc) is 2.78. The van der Waals surface area contributed by atoms with Crippen molar-refractivity contribution in [1.29, 1.82) is 0 Å². The molecule has 1 aromatic carbocycles. The highest BCUT2D eigenvalue weighted by atomic mass is 32.1. The van der Waals surface area contributed by atoms with Crippen molar-refractivity contribution in [3.8, 4) is 10.4 Å². The van der Waals surface area contributed by atoms with Gasteiger partial charge in [-0.25, -0.2) is 0 Å². The number of nitrogens with zero attached hydrogens (tertiary/aromatic N) is 1. The van der Waals surface area contributed by atoms with Crippen LogP contribution in [-0.2, 0) is 6.54 Å². The molecule has 1 aromatic heterocycles. The van der Waals surface area contributed by atoms with Gasteiger partial charge in [-0.1, -0.05) is 24.3 Å². The molecule has 1 heterocycles. The minimum Gasteiger partial charge on any atom is -0.324 e. The lowest BCUT2D eigenvalue weighted by Crippen LogP contribution is -2.11. The minimum atomic E-state index is 0.116. The molecule has 2 rings (SSSR count). The summed E-state index contributed by atoms with van der Waals surface area (Å²) in [5.41, 5.74) is 8.61. The first-order chi connectivity index (χ1) is 8.58. The van der Waals surface area contributed by atoms with Gasteiger partial charge in [0.2, 0.25) is 0 Å².